The molecule has 3 aromatic carbocycles. The van der Waals surface area contributed by atoms with Crippen LogP contribution in [0.5, 0.6) is 11.5 Å². The van der Waals surface area contributed by atoms with Gasteiger partial charge in [0.15, 0.2) is 6.10 Å². The van der Waals surface area contributed by atoms with Crippen LogP contribution < -0.4 is 9.05 Å². The standard InChI is InChI=1S/C21H26NO8P.C9H18O3.C7H7NO2.CH3Cl2OP.CH4.O2/c1-4-17(5-2)15-27-21(23)16(3)28-31(26,29-19-9-7-6-8-10-19)30-20-13-11-18(12-14-20)22(24)25;1-4-8(5-2)6-12-9(11)7(3)10;1-6-2-4-7(5-3-6)8(9)10;1-5(2,3)4;;1-2/h6-14,16-17H,4-5,15H2,1-3H3;7-8,10H,4-6H2,1-3H3;2-5H,1H3;1H3;1H4;/t16-,31?;7-;;;;/m00..../s1. The molecule has 0 aliphatic carbocycles. The molecule has 0 bridgehead atoms. The maximum Gasteiger partial charge on any atom is 0.588 e. The summed E-state index contributed by atoms with van der Waals surface area (Å²) in [6, 6.07) is 19.5. The molecule has 0 amide bonds. The van der Waals surface area contributed by atoms with Gasteiger partial charge in [-0.25, -0.2) is 14.2 Å². The maximum absolute atomic E-state index is 13.3. The minimum Gasteiger partial charge on any atom is -0.463 e. The SMILES string of the molecule is C.CCC(CC)COC(=O)[C@H](C)O.CCC(CC)COC(=O)[C@H](C)OP(=O)(Oc1ccccc1)Oc1ccc([N+](=O)[O-])cc1.CP(=O)(Cl)Cl.Cc1ccc([N+](=O)[O-])cc1.O=O. The van der Waals surface area contributed by atoms with Crippen molar-refractivity contribution in [1.29, 1.82) is 0 Å². The predicted molar refractivity (Wildman–Crippen MR) is 237 cm³/mol. The van der Waals surface area contributed by atoms with Gasteiger partial charge in [-0.2, -0.15) is 0 Å². The topological polar surface area (TPSA) is 255 Å². The molecular formula is C39H58Cl2N2O16P2. The fourth-order valence-electron chi connectivity index (χ4n) is 4.02. The number of nitro groups is 2. The van der Waals surface area contributed by atoms with Crippen molar-refractivity contribution in [3.63, 3.8) is 0 Å². The molecule has 0 saturated carbocycles. The van der Waals surface area contributed by atoms with Crippen molar-refractivity contribution < 1.29 is 56.7 Å². The Balaban J connectivity index is -0.000000914. The molecule has 0 aromatic heterocycles. The first kappa shape index (κ1) is 60.9. The Morgan fingerprint density at radius 1 is 0.689 bits per heavy atom. The lowest BCUT2D eigenvalue weighted by molar-refractivity contribution is -0.385. The van der Waals surface area contributed by atoms with E-state index >= 15 is 0 Å². The molecule has 22 heteroatoms. The van der Waals surface area contributed by atoms with E-state index in [4.69, 9.17) is 60.6 Å². The molecule has 3 atom stereocenters. The average molecular weight is 944 g/mol. The van der Waals surface area contributed by atoms with E-state index in [-0.39, 0.29) is 42.8 Å². The number of hydrogen-bond donors (Lipinski definition) is 1. The number of nitrogens with zero attached hydrogens (tertiary/aromatic N) is 2. The van der Waals surface area contributed by atoms with E-state index in [1.54, 1.807) is 42.5 Å². The highest BCUT2D eigenvalue weighted by molar-refractivity contribution is 8.08. The molecule has 0 aliphatic rings. The lowest BCUT2D eigenvalue weighted by Gasteiger charge is -2.22. The number of phosphoric acid groups is 1. The predicted octanol–water partition coefficient (Wildman–Crippen LogP) is 11.8. The molecule has 0 aliphatic heterocycles. The molecule has 61 heavy (non-hydrogen) atoms. The molecule has 3 rings (SSSR count). The Morgan fingerprint density at radius 3 is 1.38 bits per heavy atom. The van der Waals surface area contributed by atoms with Crippen LogP contribution >= 0.6 is 36.2 Å². The third kappa shape index (κ3) is 30.3. The third-order valence-corrected chi connectivity index (χ3v) is 9.11. The first-order valence-electron chi connectivity index (χ1n) is 18.4. The van der Waals surface area contributed by atoms with Crippen LogP contribution in [0.25, 0.3) is 0 Å². The zero-order valence-corrected chi connectivity index (χ0v) is 38.0. The zero-order valence-electron chi connectivity index (χ0n) is 34.7. The molecule has 0 heterocycles. The van der Waals surface area contributed by atoms with Crippen molar-refractivity contribution in [1.82, 2.24) is 0 Å². The number of carbonyl (C=O) groups is 2. The number of benzene rings is 3. The van der Waals surface area contributed by atoms with E-state index in [0.29, 0.717) is 12.5 Å². The van der Waals surface area contributed by atoms with Crippen LogP contribution in [-0.4, -0.2) is 59.0 Å². The van der Waals surface area contributed by atoms with Crippen molar-refractivity contribution >= 4 is 59.5 Å². The minimum absolute atomic E-state index is 0. The van der Waals surface area contributed by atoms with Gasteiger partial charge in [0.2, 0.25) is 5.85 Å². The first-order valence-corrected chi connectivity index (χ1v) is 23.8. The van der Waals surface area contributed by atoms with Gasteiger partial charge in [0.05, 0.1) is 23.1 Å². The lowest BCUT2D eigenvalue weighted by Crippen LogP contribution is -2.26. The van der Waals surface area contributed by atoms with Crippen LogP contribution in [0.15, 0.2) is 78.9 Å². The number of carbonyl (C=O) groups excluding carboxylic acids is 2. The van der Waals surface area contributed by atoms with E-state index in [1.165, 1.54) is 56.9 Å². The molecule has 1 unspecified atom stereocenters. The first-order chi connectivity index (χ1) is 28.1. The fraction of sp³-hybridized carbons (Fsp3) is 0.487. The van der Waals surface area contributed by atoms with Gasteiger partial charge in [-0.1, -0.05) is 96.7 Å². The highest BCUT2D eigenvalue weighted by Crippen LogP contribution is 2.52. The monoisotopic (exact) mass is 942 g/mol. The van der Waals surface area contributed by atoms with Gasteiger partial charge in [-0.05, 0) is 79.4 Å². The summed E-state index contributed by atoms with van der Waals surface area (Å²) in [7, 11) is -4.34. The number of phosphoric ester groups is 1. The summed E-state index contributed by atoms with van der Waals surface area (Å²) in [6.07, 6.45) is 1.49. The number of ether oxygens (including phenoxy) is 2. The van der Waals surface area contributed by atoms with E-state index in [9.17, 15) is 38.9 Å². The number of rotatable bonds is 18. The minimum atomic E-state index is -4.34. The number of nitro benzene ring substituents is 2. The van der Waals surface area contributed by atoms with Crippen molar-refractivity contribution in [2.24, 2.45) is 11.8 Å². The summed E-state index contributed by atoms with van der Waals surface area (Å²) in [6.45, 7) is 14.7. The van der Waals surface area contributed by atoms with Crippen molar-refractivity contribution in [3.8, 4) is 11.5 Å². The van der Waals surface area contributed by atoms with E-state index in [0.717, 1.165) is 31.2 Å². The van der Waals surface area contributed by atoms with E-state index < -0.39 is 47.7 Å². The summed E-state index contributed by atoms with van der Waals surface area (Å²) in [5.41, 5.74) is 1.02. The molecule has 0 spiro atoms. The molecule has 1 N–H and O–H groups in total. The number of esters is 2. The maximum atomic E-state index is 13.3. The Bertz CT molecular complexity index is 1770. The van der Waals surface area contributed by atoms with Gasteiger partial charge in [-0.15, -0.1) is 0 Å². The van der Waals surface area contributed by atoms with Gasteiger partial charge in [0.25, 0.3) is 11.4 Å². The van der Waals surface area contributed by atoms with Gasteiger partial charge < -0.3 is 23.6 Å². The Kier molecular flexibility index (Phi) is 33.1. The number of para-hydroxylation sites is 1. The lowest BCUT2D eigenvalue weighted by atomic mass is 10.1. The van der Waals surface area contributed by atoms with Crippen LogP contribution in [-0.2, 0) is 32.7 Å². The largest absolute Gasteiger partial charge is 0.588 e. The van der Waals surface area contributed by atoms with Gasteiger partial charge in [-0.3, -0.25) is 29.3 Å². The van der Waals surface area contributed by atoms with E-state index in [1.807, 2.05) is 20.8 Å². The number of non-ortho nitro benzene ring substituents is 2. The number of aliphatic hydroxyl groups is 1. The van der Waals surface area contributed by atoms with Gasteiger partial charge in [0.1, 0.15) is 17.6 Å². The summed E-state index contributed by atoms with van der Waals surface area (Å²) in [5, 5.41) is 29.7. The number of halogens is 2. The second-order valence-electron chi connectivity index (χ2n) is 12.6. The number of hydrogen-bond acceptors (Lipinski definition) is 16. The quantitative estimate of drug-likeness (QED) is 0.0538. The Hall–Kier alpha value is -4.44. The van der Waals surface area contributed by atoms with E-state index in [2.05, 4.69) is 13.8 Å². The average Bonchev–Trinajstić information content (AvgIpc) is 3.19. The smallest absolute Gasteiger partial charge is 0.463 e. The second-order valence-corrected chi connectivity index (χ2v) is 19.9. The highest BCUT2D eigenvalue weighted by atomic mass is 35.9. The molecule has 0 saturated heterocycles. The van der Waals surface area contributed by atoms with Crippen LogP contribution in [0.1, 0.15) is 80.2 Å². The van der Waals surface area contributed by atoms with Gasteiger partial charge in [0, 0.05) is 40.9 Å². The summed E-state index contributed by atoms with van der Waals surface area (Å²) in [4.78, 5) is 57.1. The van der Waals surface area contributed by atoms with Crippen molar-refractivity contribution in [2.75, 3.05) is 19.9 Å². The summed E-state index contributed by atoms with van der Waals surface area (Å²) in [5.74, 6) is -3.06. The van der Waals surface area contributed by atoms with Crippen LogP contribution in [0, 0.1) is 48.9 Å². The Morgan fingerprint density at radius 2 is 1.03 bits per heavy atom. The summed E-state index contributed by atoms with van der Waals surface area (Å²) < 4.78 is 49.4. The highest BCUT2D eigenvalue weighted by Gasteiger charge is 2.36. The molecular weight excluding hydrogens is 885 g/mol. The summed E-state index contributed by atoms with van der Waals surface area (Å²) >= 11 is 9.70. The molecule has 0 radical (unpaired) electrons. The molecule has 0 fully saturated rings. The van der Waals surface area contributed by atoms with Crippen molar-refractivity contribution in [2.45, 2.75) is 93.8 Å². The number of aryl methyl sites for hydroxylation is 1. The Labute approximate surface area is 366 Å². The molecule has 344 valence electrons. The van der Waals surface area contributed by atoms with Crippen LogP contribution in [0.2, 0.25) is 0 Å². The van der Waals surface area contributed by atoms with Crippen molar-refractivity contribution in [3.05, 3.63) is 115 Å². The number of aliphatic hydroxyl groups excluding tert-OH is 1. The zero-order chi connectivity index (χ0) is 46.5. The van der Waals surface area contributed by atoms with Crippen LogP contribution in [0.4, 0.5) is 11.4 Å². The van der Waals surface area contributed by atoms with Gasteiger partial charge >= 0.3 is 19.8 Å². The molecule has 3 aromatic rings. The second kappa shape index (κ2) is 33.2. The normalized spacial score (nSPS) is 12.1. The fourth-order valence-corrected chi connectivity index (χ4v) is 5.38. The van der Waals surface area contributed by atoms with Crippen LogP contribution in [0.3, 0.4) is 0 Å². The molecule has 18 nitrogen and oxygen atoms in total. The third-order valence-electron chi connectivity index (χ3n) is 7.66.